The van der Waals surface area contributed by atoms with E-state index in [1.165, 1.54) is 103 Å². The molecule has 218 valence electrons. The molecule has 8 heteroatoms. The molecule has 0 fully saturated rings. The lowest BCUT2D eigenvalue weighted by atomic mass is 10.0. The zero-order chi connectivity index (χ0) is 27.0. The van der Waals surface area contributed by atoms with Crippen molar-refractivity contribution in [3.63, 3.8) is 0 Å². The quantitative estimate of drug-likeness (QED) is 0.0620. The molecule has 36 heavy (non-hydrogen) atoms. The predicted octanol–water partition coefficient (Wildman–Crippen LogP) is 7.25. The Morgan fingerprint density at radius 1 is 0.694 bits per heavy atom. The van der Waals surface area contributed by atoms with Crippen LogP contribution in [0, 0.1) is 0 Å². The molecular formula is C28H61NO6P+. The first-order valence-electron chi connectivity index (χ1n) is 14.8. The lowest BCUT2D eigenvalue weighted by Crippen LogP contribution is -2.37. The van der Waals surface area contributed by atoms with Crippen LogP contribution in [0.4, 0.5) is 0 Å². The van der Waals surface area contributed by atoms with Gasteiger partial charge in [-0.3, -0.25) is 9.05 Å². The lowest BCUT2D eigenvalue weighted by Gasteiger charge is -2.24. The molecule has 0 spiro atoms. The van der Waals surface area contributed by atoms with Gasteiger partial charge >= 0.3 is 7.82 Å². The summed E-state index contributed by atoms with van der Waals surface area (Å²) in [6, 6.07) is 0. The van der Waals surface area contributed by atoms with Crippen LogP contribution < -0.4 is 0 Å². The van der Waals surface area contributed by atoms with Crippen molar-refractivity contribution < 1.29 is 32.8 Å². The third-order valence-corrected chi connectivity index (χ3v) is 7.52. The van der Waals surface area contributed by atoms with Crippen LogP contribution in [0.3, 0.4) is 0 Å². The van der Waals surface area contributed by atoms with Gasteiger partial charge in [0.25, 0.3) is 0 Å². The van der Waals surface area contributed by atoms with Crippen molar-refractivity contribution in [1.29, 1.82) is 0 Å². The zero-order valence-electron chi connectivity index (χ0n) is 24.3. The van der Waals surface area contributed by atoms with Crippen LogP contribution in [0.5, 0.6) is 0 Å². The second-order valence-corrected chi connectivity index (χ2v) is 12.7. The second kappa shape index (κ2) is 24.1. The summed E-state index contributed by atoms with van der Waals surface area (Å²) in [6.45, 7) is 3.22. The van der Waals surface area contributed by atoms with E-state index in [0.717, 1.165) is 12.8 Å². The fraction of sp³-hybridized carbons (Fsp3) is 1.00. The van der Waals surface area contributed by atoms with Crippen molar-refractivity contribution in [2.75, 3.05) is 54.1 Å². The molecule has 0 rings (SSSR count). The standard InChI is InChI=1S/C28H60NO6P/c1-5-6-7-8-9-10-11-12-13-14-15-16-17-18-19-20-21-22-24-33-27-28(26-30)35-36(31,32)34-25-23-29(2,3)4/h28,30H,5-27H2,1-4H3/p+1/t28-/m1/s1. The van der Waals surface area contributed by atoms with Crippen LogP contribution in [-0.4, -0.2) is 74.7 Å². The SMILES string of the molecule is CCCCCCCCCCCCCCCCCCCCOC[C@@H](CO)OP(=O)(O)OCC[N+](C)(C)C. The van der Waals surface area contributed by atoms with Crippen molar-refractivity contribution in [1.82, 2.24) is 0 Å². The molecule has 0 aliphatic carbocycles. The van der Waals surface area contributed by atoms with Gasteiger partial charge in [-0.05, 0) is 6.42 Å². The average molecular weight is 539 g/mol. The van der Waals surface area contributed by atoms with E-state index >= 15 is 0 Å². The summed E-state index contributed by atoms with van der Waals surface area (Å²) < 4.78 is 28.2. The summed E-state index contributed by atoms with van der Waals surface area (Å²) in [5, 5.41) is 9.41. The van der Waals surface area contributed by atoms with E-state index in [2.05, 4.69) is 6.92 Å². The van der Waals surface area contributed by atoms with Crippen molar-refractivity contribution in [3.8, 4) is 0 Å². The van der Waals surface area contributed by atoms with Crippen molar-refractivity contribution in [3.05, 3.63) is 0 Å². The first-order chi connectivity index (χ1) is 17.2. The Morgan fingerprint density at radius 3 is 1.50 bits per heavy atom. The number of ether oxygens (including phenoxy) is 1. The molecule has 0 saturated carbocycles. The molecule has 0 radical (unpaired) electrons. The lowest BCUT2D eigenvalue weighted by molar-refractivity contribution is -0.870. The summed E-state index contributed by atoms with van der Waals surface area (Å²) in [7, 11) is 1.71. The Bertz CT molecular complexity index is 515. The Balaban J connectivity index is 3.45. The largest absolute Gasteiger partial charge is 0.472 e. The highest BCUT2D eigenvalue weighted by Crippen LogP contribution is 2.44. The van der Waals surface area contributed by atoms with Gasteiger partial charge in [-0.15, -0.1) is 0 Å². The Kier molecular flexibility index (Phi) is 24.1. The highest BCUT2D eigenvalue weighted by atomic mass is 31.2. The van der Waals surface area contributed by atoms with Crippen LogP contribution in [0.2, 0.25) is 0 Å². The number of hydrogen-bond donors (Lipinski definition) is 2. The van der Waals surface area contributed by atoms with Crippen molar-refractivity contribution in [2.24, 2.45) is 0 Å². The van der Waals surface area contributed by atoms with Crippen LogP contribution in [-0.2, 0) is 18.3 Å². The molecule has 0 amide bonds. The second-order valence-electron chi connectivity index (χ2n) is 11.3. The van der Waals surface area contributed by atoms with Crippen molar-refractivity contribution >= 4 is 7.82 Å². The summed E-state index contributed by atoms with van der Waals surface area (Å²) in [6.07, 6.45) is 23.3. The van der Waals surface area contributed by atoms with Crippen LogP contribution in [0.1, 0.15) is 122 Å². The van der Waals surface area contributed by atoms with Crippen LogP contribution in [0.15, 0.2) is 0 Å². The maximum atomic E-state index is 12.0. The number of aliphatic hydroxyl groups is 1. The molecule has 0 aromatic rings. The van der Waals surface area contributed by atoms with Gasteiger partial charge in [-0.25, -0.2) is 4.57 Å². The van der Waals surface area contributed by atoms with E-state index in [-0.39, 0.29) is 19.8 Å². The molecule has 0 aromatic heterocycles. The molecule has 0 saturated heterocycles. The highest BCUT2D eigenvalue weighted by Gasteiger charge is 2.27. The number of quaternary nitrogens is 1. The Labute approximate surface area is 223 Å². The van der Waals surface area contributed by atoms with Gasteiger partial charge in [0.15, 0.2) is 0 Å². The number of phosphoric ester groups is 1. The number of aliphatic hydroxyl groups excluding tert-OH is 1. The monoisotopic (exact) mass is 538 g/mol. The first kappa shape index (κ1) is 36.0. The molecule has 0 bridgehead atoms. The smallest absolute Gasteiger partial charge is 0.394 e. The maximum Gasteiger partial charge on any atom is 0.472 e. The normalized spacial score (nSPS) is 14.7. The first-order valence-corrected chi connectivity index (χ1v) is 16.3. The number of nitrogens with zero attached hydrogens (tertiary/aromatic N) is 1. The van der Waals surface area contributed by atoms with Gasteiger partial charge in [-0.2, -0.15) is 0 Å². The van der Waals surface area contributed by atoms with Gasteiger partial charge in [0.1, 0.15) is 19.3 Å². The van der Waals surface area contributed by atoms with Crippen LogP contribution >= 0.6 is 7.82 Å². The van der Waals surface area contributed by atoms with E-state index in [0.29, 0.717) is 17.6 Å². The van der Waals surface area contributed by atoms with E-state index in [4.69, 9.17) is 13.8 Å². The predicted molar refractivity (Wildman–Crippen MR) is 150 cm³/mol. The third-order valence-electron chi connectivity index (χ3n) is 6.45. The third kappa shape index (κ3) is 27.0. The molecule has 0 heterocycles. The number of hydrogen-bond acceptors (Lipinski definition) is 5. The van der Waals surface area contributed by atoms with Gasteiger partial charge in [0, 0.05) is 6.61 Å². The molecule has 0 aromatic carbocycles. The number of rotatable bonds is 28. The summed E-state index contributed by atoms with van der Waals surface area (Å²) >= 11 is 0. The van der Waals surface area contributed by atoms with E-state index < -0.39 is 13.9 Å². The summed E-state index contributed by atoms with van der Waals surface area (Å²) in [5.74, 6) is 0. The van der Waals surface area contributed by atoms with E-state index in [1.54, 1.807) is 0 Å². The molecule has 2 atom stereocenters. The van der Waals surface area contributed by atoms with Crippen molar-refractivity contribution in [2.45, 2.75) is 129 Å². The molecule has 2 N–H and O–H groups in total. The van der Waals surface area contributed by atoms with Crippen LogP contribution in [0.25, 0.3) is 0 Å². The maximum absolute atomic E-state index is 12.0. The average Bonchev–Trinajstić information content (AvgIpc) is 2.81. The minimum Gasteiger partial charge on any atom is -0.394 e. The molecule has 7 nitrogen and oxygen atoms in total. The number of phosphoric acid groups is 1. The fourth-order valence-electron chi connectivity index (χ4n) is 4.09. The fourth-order valence-corrected chi connectivity index (χ4v) is 4.96. The Hall–Kier alpha value is -0.0100. The van der Waals surface area contributed by atoms with Gasteiger partial charge < -0.3 is 19.2 Å². The number of likely N-dealkylation sites (N-methyl/N-ethyl adjacent to an activating group) is 1. The van der Waals surface area contributed by atoms with Gasteiger partial charge in [0.2, 0.25) is 0 Å². The molecule has 1 unspecified atom stereocenters. The van der Waals surface area contributed by atoms with Gasteiger partial charge in [-0.1, -0.05) is 116 Å². The van der Waals surface area contributed by atoms with E-state index in [9.17, 15) is 14.6 Å². The Morgan fingerprint density at radius 2 is 1.11 bits per heavy atom. The number of unbranched alkanes of at least 4 members (excludes halogenated alkanes) is 17. The summed E-state index contributed by atoms with van der Waals surface area (Å²) in [5.41, 5.74) is 0. The zero-order valence-corrected chi connectivity index (χ0v) is 25.2. The molecular weight excluding hydrogens is 477 g/mol. The minimum atomic E-state index is -4.20. The summed E-state index contributed by atoms with van der Waals surface area (Å²) in [4.78, 5) is 9.82. The van der Waals surface area contributed by atoms with E-state index in [1.807, 2.05) is 21.1 Å². The van der Waals surface area contributed by atoms with Gasteiger partial charge in [0.05, 0.1) is 34.4 Å². The molecule has 0 aliphatic rings. The highest BCUT2D eigenvalue weighted by molar-refractivity contribution is 7.47. The molecule has 0 aliphatic heterocycles. The topological polar surface area (TPSA) is 85.2 Å². The minimum absolute atomic E-state index is 0.0820.